The lowest BCUT2D eigenvalue weighted by Crippen LogP contribution is -2.09. The van der Waals surface area contributed by atoms with Crippen LogP contribution < -0.4 is 5.32 Å². The molecule has 0 aliphatic rings. The maximum atomic E-state index is 7.65. The zero-order valence-electron chi connectivity index (χ0n) is 8.89. The van der Waals surface area contributed by atoms with Gasteiger partial charge in [0.1, 0.15) is 4.60 Å². The average Bonchev–Trinajstić information content (AvgIpc) is 2.58. The number of allylic oxidation sites excluding steroid dienone is 1. The van der Waals surface area contributed by atoms with Gasteiger partial charge in [0, 0.05) is 36.6 Å². The van der Waals surface area contributed by atoms with Crippen molar-refractivity contribution in [3.8, 4) is 0 Å². The lowest BCUT2D eigenvalue weighted by atomic mass is 10.1. The van der Waals surface area contributed by atoms with E-state index in [1.54, 1.807) is 6.92 Å². The Hall–Kier alpha value is -1.10. The number of aromatic amines is 1. The molecular formula is C10H15BrN4. The summed E-state index contributed by atoms with van der Waals surface area (Å²) in [6.07, 6.45) is 4.44. The standard InChI is InChI=1S/C10H15BrN4/c1-3-13-5-8(7(2)12)4-9-6-14-15-10(9)11/h5-6,12-13H,3-4H2,1-2H3,(H,14,15)/b8-5-,12-7?. The first-order valence-corrected chi connectivity index (χ1v) is 5.60. The minimum absolute atomic E-state index is 0.573. The Morgan fingerprint density at radius 1 is 1.73 bits per heavy atom. The third kappa shape index (κ3) is 3.51. The van der Waals surface area contributed by atoms with Gasteiger partial charge in [-0.05, 0) is 35.4 Å². The minimum atomic E-state index is 0.573. The predicted molar refractivity (Wildman–Crippen MR) is 65.2 cm³/mol. The first kappa shape index (κ1) is 12.0. The van der Waals surface area contributed by atoms with E-state index in [1.807, 2.05) is 19.3 Å². The molecule has 0 aliphatic carbocycles. The van der Waals surface area contributed by atoms with Crippen LogP contribution in [0.5, 0.6) is 0 Å². The summed E-state index contributed by atoms with van der Waals surface area (Å²) in [5.41, 5.74) is 2.61. The Morgan fingerprint density at radius 3 is 2.93 bits per heavy atom. The number of nitrogens with zero attached hydrogens (tertiary/aromatic N) is 1. The Balaban J connectivity index is 2.76. The summed E-state index contributed by atoms with van der Waals surface area (Å²) in [6.45, 7) is 4.68. The second kappa shape index (κ2) is 5.70. The van der Waals surface area contributed by atoms with E-state index in [9.17, 15) is 0 Å². The zero-order valence-corrected chi connectivity index (χ0v) is 10.5. The first-order valence-electron chi connectivity index (χ1n) is 4.81. The highest BCUT2D eigenvalue weighted by molar-refractivity contribution is 9.10. The second-order valence-electron chi connectivity index (χ2n) is 3.23. The lowest BCUT2D eigenvalue weighted by molar-refractivity contribution is 0.906. The number of H-pyrrole nitrogens is 1. The Labute approximate surface area is 97.8 Å². The van der Waals surface area contributed by atoms with Crippen LogP contribution in [0.1, 0.15) is 19.4 Å². The van der Waals surface area contributed by atoms with Crippen molar-refractivity contribution in [2.75, 3.05) is 6.54 Å². The van der Waals surface area contributed by atoms with Crippen LogP contribution in [-0.2, 0) is 6.42 Å². The van der Waals surface area contributed by atoms with Crippen molar-refractivity contribution in [3.63, 3.8) is 0 Å². The smallest absolute Gasteiger partial charge is 0.131 e. The molecule has 0 fully saturated rings. The molecule has 0 aliphatic heterocycles. The lowest BCUT2D eigenvalue weighted by Gasteiger charge is -2.05. The van der Waals surface area contributed by atoms with Gasteiger partial charge in [-0.1, -0.05) is 0 Å². The molecule has 1 aromatic heterocycles. The number of hydrogen-bond acceptors (Lipinski definition) is 3. The van der Waals surface area contributed by atoms with Crippen LogP contribution in [0.15, 0.2) is 22.6 Å². The maximum absolute atomic E-state index is 7.65. The molecule has 0 aromatic carbocycles. The molecule has 0 amide bonds. The van der Waals surface area contributed by atoms with Gasteiger partial charge in [-0.3, -0.25) is 5.10 Å². The summed E-state index contributed by atoms with van der Waals surface area (Å²) in [5, 5.41) is 17.5. The molecule has 1 rings (SSSR count). The molecule has 0 unspecified atom stereocenters. The molecule has 0 spiro atoms. The maximum Gasteiger partial charge on any atom is 0.131 e. The fourth-order valence-corrected chi connectivity index (χ4v) is 1.50. The summed E-state index contributed by atoms with van der Waals surface area (Å²) in [6, 6.07) is 0. The van der Waals surface area contributed by atoms with Gasteiger partial charge in [-0.15, -0.1) is 0 Å². The Bertz CT molecular complexity index is 367. The largest absolute Gasteiger partial charge is 0.391 e. The fraction of sp³-hybridized carbons (Fsp3) is 0.400. The van der Waals surface area contributed by atoms with E-state index in [0.717, 1.165) is 22.3 Å². The van der Waals surface area contributed by atoms with Crippen molar-refractivity contribution in [2.24, 2.45) is 0 Å². The Morgan fingerprint density at radius 2 is 2.47 bits per heavy atom. The molecule has 4 nitrogen and oxygen atoms in total. The van der Waals surface area contributed by atoms with E-state index < -0.39 is 0 Å². The SMILES string of the molecule is CCN/C=C(/Cc1c[nH]nc1Br)C(C)=N. The van der Waals surface area contributed by atoms with Gasteiger partial charge in [-0.2, -0.15) is 5.10 Å². The van der Waals surface area contributed by atoms with Crippen molar-refractivity contribution < 1.29 is 0 Å². The normalized spacial score (nSPS) is 11.5. The summed E-state index contributed by atoms with van der Waals surface area (Å²) >= 11 is 3.35. The van der Waals surface area contributed by atoms with E-state index >= 15 is 0 Å². The van der Waals surface area contributed by atoms with Crippen molar-refractivity contribution in [3.05, 3.63) is 28.1 Å². The van der Waals surface area contributed by atoms with Crippen LogP contribution in [-0.4, -0.2) is 22.5 Å². The molecule has 0 saturated carbocycles. The summed E-state index contributed by atoms with van der Waals surface area (Å²) in [5.74, 6) is 0. The van der Waals surface area contributed by atoms with Crippen LogP contribution in [0.2, 0.25) is 0 Å². The predicted octanol–water partition coefficient (Wildman–Crippen LogP) is 2.25. The third-order valence-corrected chi connectivity index (χ3v) is 2.70. The highest BCUT2D eigenvalue weighted by Crippen LogP contribution is 2.16. The quantitative estimate of drug-likeness (QED) is 0.719. The molecule has 0 bridgehead atoms. The van der Waals surface area contributed by atoms with E-state index in [0.29, 0.717) is 12.1 Å². The van der Waals surface area contributed by atoms with E-state index in [-0.39, 0.29) is 0 Å². The molecule has 82 valence electrons. The van der Waals surface area contributed by atoms with Gasteiger partial charge in [0.15, 0.2) is 0 Å². The molecule has 5 heteroatoms. The number of nitrogens with one attached hydrogen (secondary N) is 3. The third-order valence-electron chi connectivity index (χ3n) is 2.01. The average molecular weight is 271 g/mol. The molecule has 15 heavy (non-hydrogen) atoms. The summed E-state index contributed by atoms with van der Waals surface area (Å²) < 4.78 is 0.811. The molecule has 1 heterocycles. The van der Waals surface area contributed by atoms with Crippen molar-refractivity contribution in [1.29, 1.82) is 5.41 Å². The van der Waals surface area contributed by atoms with Gasteiger partial charge in [-0.25, -0.2) is 0 Å². The van der Waals surface area contributed by atoms with Crippen molar-refractivity contribution >= 4 is 21.6 Å². The monoisotopic (exact) mass is 270 g/mol. The van der Waals surface area contributed by atoms with Crippen LogP contribution in [0.25, 0.3) is 0 Å². The van der Waals surface area contributed by atoms with Gasteiger partial charge >= 0.3 is 0 Å². The number of rotatable bonds is 5. The van der Waals surface area contributed by atoms with Crippen molar-refractivity contribution in [2.45, 2.75) is 20.3 Å². The van der Waals surface area contributed by atoms with Gasteiger partial charge in [0.25, 0.3) is 0 Å². The molecule has 1 aromatic rings. The molecule has 3 N–H and O–H groups in total. The Kier molecular flexibility index (Phi) is 4.55. The number of aromatic nitrogens is 2. The highest BCUT2D eigenvalue weighted by Gasteiger charge is 2.07. The molecule has 0 saturated heterocycles. The fourth-order valence-electron chi connectivity index (χ4n) is 1.14. The minimum Gasteiger partial charge on any atom is -0.391 e. The van der Waals surface area contributed by atoms with E-state index in [1.165, 1.54) is 0 Å². The van der Waals surface area contributed by atoms with E-state index in [4.69, 9.17) is 5.41 Å². The molecule has 0 radical (unpaired) electrons. The number of hydrogen-bond donors (Lipinski definition) is 3. The van der Waals surface area contributed by atoms with Crippen LogP contribution in [0, 0.1) is 5.41 Å². The van der Waals surface area contributed by atoms with E-state index in [2.05, 4.69) is 31.4 Å². The van der Waals surface area contributed by atoms with Gasteiger partial charge in [0.2, 0.25) is 0 Å². The zero-order chi connectivity index (χ0) is 11.3. The highest BCUT2D eigenvalue weighted by atomic mass is 79.9. The summed E-state index contributed by atoms with van der Waals surface area (Å²) in [7, 11) is 0. The second-order valence-corrected chi connectivity index (χ2v) is 3.98. The van der Waals surface area contributed by atoms with Gasteiger partial charge in [0.05, 0.1) is 0 Å². The topological polar surface area (TPSA) is 64.6 Å². The number of halogens is 1. The van der Waals surface area contributed by atoms with Crippen LogP contribution in [0.4, 0.5) is 0 Å². The molecular weight excluding hydrogens is 256 g/mol. The van der Waals surface area contributed by atoms with Crippen molar-refractivity contribution in [1.82, 2.24) is 15.5 Å². The first-order chi connectivity index (χ1) is 7.15. The summed E-state index contributed by atoms with van der Waals surface area (Å²) in [4.78, 5) is 0. The van der Waals surface area contributed by atoms with Crippen LogP contribution in [0.3, 0.4) is 0 Å². The van der Waals surface area contributed by atoms with Crippen LogP contribution >= 0.6 is 15.9 Å². The van der Waals surface area contributed by atoms with Gasteiger partial charge < -0.3 is 10.7 Å². The molecule has 0 atom stereocenters.